The molecule has 0 atom stereocenters. The molecule has 2 N–H and O–H groups in total. The molecular formula is C17H15N5O2. The molecule has 1 fully saturated rings. The lowest BCUT2D eigenvalue weighted by Crippen LogP contribution is -2.39. The maximum atomic E-state index is 12.0. The van der Waals surface area contributed by atoms with Crippen molar-refractivity contribution in [1.82, 2.24) is 20.3 Å². The maximum Gasteiger partial charge on any atom is 0.227 e. The van der Waals surface area contributed by atoms with Gasteiger partial charge in [-0.3, -0.25) is 9.78 Å². The Labute approximate surface area is 137 Å². The van der Waals surface area contributed by atoms with Gasteiger partial charge in [-0.15, -0.1) is 0 Å². The SMILES string of the molecule is N#Cc1ccc2ncc3[nH]c(CC(=O)NCC4COC4)nc3c2c1. The smallest absolute Gasteiger partial charge is 0.227 e. The lowest BCUT2D eigenvalue weighted by molar-refractivity contribution is -0.121. The molecule has 4 rings (SSSR count). The fourth-order valence-corrected chi connectivity index (χ4v) is 2.74. The molecule has 3 heterocycles. The van der Waals surface area contributed by atoms with Crippen LogP contribution >= 0.6 is 0 Å². The van der Waals surface area contributed by atoms with E-state index in [-0.39, 0.29) is 12.3 Å². The summed E-state index contributed by atoms with van der Waals surface area (Å²) in [7, 11) is 0. The maximum absolute atomic E-state index is 12.0. The Hall–Kier alpha value is -2.98. The summed E-state index contributed by atoms with van der Waals surface area (Å²) < 4.78 is 5.09. The molecule has 1 aliphatic rings. The third-order valence-corrected chi connectivity index (χ3v) is 4.12. The minimum absolute atomic E-state index is 0.0732. The van der Waals surface area contributed by atoms with E-state index in [1.807, 2.05) is 0 Å². The molecule has 0 saturated carbocycles. The number of imidazole rings is 1. The Morgan fingerprint density at radius 2 is 2.33 bits per heavy atom. The third kappa shape index (κ3) is 2.68. The summed E-state index contributed by atoms with van der Waals surface area (Å²) in [5.74, 6) is 0.933. The van der Waals surface area contributed by atoms with E-state index in [4.69, 9.17) is 10.00 Å². The number of aromatic nitrogens is 3. The number of H-pyrrole nitrogens is 1. The average Bonchev–Trinajstić information content (AvgIpc) is 2.95. The number of pyridine rings is 1. The molecule has 1 aliphatic heterocycles. The summed E-state index contributed by atoms with van der Waals surface area (Å²) in [6.07, 6.45) is 1.88. The van der Waals surface area contributed by atoms with Gasteiger partial charge in [0, 0.05) is 17.8 Å². The highest BCUT2D eigenvalue weighted by Gasteiger charge is 2.19. The zero-order valence-corrected chi connectivity index (χ0v) is 12.9. The highest BCUT2D eigenvalue weighted by atomic mass is 16.5. The van der Waals surface area contributed by atoms with Gasteiger partial charge in [-0.25, -0.2) is 4.98 Å². The quantitative estimate of drug-likeness (QED) is 0.753. The average molecular weight is 321 g/mol. The van der Waals surface area contributed by atoms with Crippen molar-refractivity contribution < 1.29 is 9.53 Å². The fourth-order valence-electron chi connectivity index (χ4n) is 2.74. The number of hydrogen-bond acceptors (Lipinski definition) is 5. The van der Waals surface area contributed by atoms with Crippen LogP contribution in [0.4, 0.5) is 0 Å². The topological polar surface area (TPSA) is 104 Å². The second-order valence-electron chi connectivity index (χ2n) is 5.93. The first kappa shape index (κ1) is 14.6. The highest BCUT2D eigenvalue weighted by molar-refractivity contribution is 6.02. The molecule has 7 heteroatoms. The summed E-state index contributed by atoms with van der Waals surface area (Å²) in [4.78, 5) is 24.0. The molecule has 7 nitrogen and oxygen atoms in total. The standard InChI is InChI=1S/C17H15N5O2/c18-5-10-1-2-13-12(3-10)17-14(7-19-13)21-15(22-17)4-16(23)20-6-11-8-24-9-11/h1-3,7,11H,4,6,8-9H2,(H,20,23)(H,21,22). The van der Waals surface area contributed by atoms with Crippen molar-refractivity contribution in [2.24, 2.45) is 5.92 Å². The zero-order chi connectivity index (χ0) is 16.5. The molecule has 2 aromatic heterocycles. The van der Waals surface area contributed by atoms with Crippen LogP contribution in [0.3, 0.4) is 0 Å². The molecule has 1 saturated heterocycles. The molecule has 1 aromatic carbocycles. The Morgan fingerprint density at radius 1 is 1.46 bits per heavy atom. The number of rotatable bonds is 4. The number of nitrogens with zero attached hydrogens (tertiary/aromatic N) is 3. The molecule has 120 valence electrons. The van der Waals surface area contributed by atoms with E-state index in [0.717, 1.165) is 21.9 Å². The van der Waals surface area contributed by atoms with Gasteiger partial charge in [-0.1, -0.05) is 0 Å². The summed E-state index contributed by atoms with van der Waals surface area (Å²) in [5, 5.41) is 12.8. The minimum atomic E-state index is -0.0732. The Kier molecular flexibility index (Phi) is 3.59. The van der Waals surface area contributed by atoms with Gasteiger partial charge in [0.25, 0.3) is 0 Å². The van der Waals surface area contributed by atoms with E-state index in [1.54, 1.807) is 24.4 Å². The number of ether oxygens (including phenoxy) is 1. The normalized spacial score (nSPS) is 14.5. The first-order chi connectivity index (χ1) is 11.7. The van der Waals surface area contributed by atoms with Crippen LogP contribution in [-0.2, 0) is 16.0 Å². The van der Waals surface area contributed by atoms with Crippen LogP contribution in [0.15, 0.2) is 24.4 Å². The van der Waals surface area contributed by atoms with E-state index < -0.39 is 0 Å². The van der Waals surface area contributed by atoms with Crippen LogP contribution in [0.25, 0.3) is 21.9 Å². The predicted octanol–water partition coefficient (Wildman–Crippen LogP) is 1.29. The van der Waals surface area contributed by atoms with Crippen molar-refractivity contribution >= 4 is 27.8 Å². The van der Waals surface area contributed by atoms with Crippen molar-refractivity contribution in [3.8, 4) is 6.07 Å². The van der Waals surface area contributed by atoms with Gasteiger partial charge in [-0.05, 0) is 18.2 Å². The largest absolute Gasteiger partial charge is 0.381 e. The third-order valence-electron chi connectivity index (χ3n) is 4.12. The minimum Gasteiger partial charge on any atom is -0.381 e. The van der Waals surface area contributed by atoms with Gasteiger partial charge < -0.3 is 15.0 Å². The highest BCUT2D eigenvalue weighted by Crippen LogP contribution is 2.23. The Bertz CT molecular complexity index is 968. The lowest BCUT2D eigenvalue weighted by atomic mass is 10.1. The van der Waals surface area contributed by atoms with E-state index in [0.29, 0.717) is 37.1 Å². The molecule has 0 aliphatic carbocycles. The lowest BCUT2D eigenvalue weighted by Gasteiger charge is -2.25. The summed E-state index contributed by atoms with van der Waals surface area (Å²) in [6.45, 7) is 2.06. The number of benzene rings is 1. The van der Waals surface area contributed by atoms with Crippen LogP contribution in [0, 0.1) is 17.2 Å². The van der Waals surface area contributed by atoms with Gasteiger partial charge >= 0.3 is 0 Å². The van der Waals surface area contributed by atoms with Gasteiger partial charge in [0.1, 0.15) is 5.82 Å². The van der Waals surface area contributed by atoms with Gasteiger partial charge in [0.15, 0.2) is 0 Å². The summed E-state index contributed by atoms with van der Waals surface area (Å²) in [6, 6.07) is 7.42. The van der Waals surface area contributed by atoms with Gasteiger partial charge in [0.05, 0.1) is 54.0 Å². The number of fused-ring (bicyclic) bond motifs is 3. The number of carbonyl (C=O) groups is 1. The number of amides is 1. The van der Waals surface area contributed by atoms with Crippen molar-refractivity contribution in [2.75, 3.05) is 19.8 Å². The van der Waals surface area contributed by atoms with Crippen molar-refractivity contribution in [3.05, 3.63) is 35.8 Å². The molecule has 0 unspecified atom stereocenters. The molecule has 0 bridgehead atoms. The first-order valence-corrected chi connectivity index (χ1v) is 7.75. The van der Waals surface area contributed by atoms with Crippen LogP contribution in [-0.4, -0.2) is 40.6 Å². The number of nitriles is 1. The Morgan fingerprint density at radius 3 is 3.08 bits per heavy atom. The number of carbonyl (C=O) groups excluding carboxylic acids is 1. The molecule has 0 spiro atoms. The van der Waals surface area contributed by atoms with Gasteiger partial charge in [-0.2, -0.15) is 5.26 Å². The van der Waals surface area contributed by atoms with Crippen LogP contribution in [0.1, 0.15) is 11.4 Å². The second-order valence-corrected chi connectivity index (χ2v) is 5.93. The monoisotopic (exact) mass is 321 g/mol. The first-order valence-electron chi connectivity index (χ1n) is 7.75. The predicted molar refractivity (Wildman–Crippen MR) is 87.1 cm³/mol. The molecule has 1 amide bonds. The number of nitrogens with one attached hydrogen (secondary N) is 2. The van der Waals surface area contributed by atoms with Crippen molar-refractivity contribution in [3.63, 3.8) is 0 Å². The Balaban J connectivity index is 1.59. The van der Waals surface area contributed by atoms with Crippen molar-refractivity contribution in [2.45, 2.75) is 6.42 Å². The molecule has 3 aromatic rings. The number of hydrogen-bond donors (Lipinski definition) is 2. The van der Waals surface area contributed by atoms with E-state index >= 15 is 0 Å². The molecular weight excluding hydrogens is 306 g/mol. The second kappa shape index (κ2) is 5.91. The van der Waals surface area contributed by atoms with Crippen LogP contribution in [0.2, 0.25) is 0 Å². The van der Waals surface area contributed by atoms with Crippen LogP contribution < -0.4 is 5.32 Å². The fraction of sp³-hybridized carbons (Fsp3) is 0.294. The summed E-state index contributed by atoms with van der Waals surface area (Å²) in [5.41, 5.74) is 2.82. The van der Waals surface area contributed by atoms with E-state index in [1.165, 1.54) is 0 Å². The number of aromatic amines is 1. The van der Waals surface area contributed by atoms with E-state index in [2.05, 4.69) is 26.3 Å². The van der Waals surface area contributed by atoms with E-state index in [9.17, 15) is 4.79 Å². The van der Waals surface area contributed by atoms with Crippen molar-refractivity contribution in [1.29, 1.82) is 5.26 Å². The molecule has 0 radical (unpaired) electrons. The molecule has 24 heavy (non-hydrogen) atoms. The zero-order valence-electron chi connectivity index (χ0n) is 12.9. The summed E-state index contributed by atoms with van der Waals surface area (Å²) >= 11 is 0. The van der Waals surface area contributed by atoms with Gasteiger partial charge in [0.2, 0.25) is 5.91 Å². The van der Waals surface area contributed by atoms with Crippen LogP contribution in [0.5, 0.6) is 0 Å².